The highest BCUT2D eigenvalue weighted by atomic mass is 32.2. The summed E-state index contributed by atoms with van der Waals surface area (Å²) in [6, 6.07) is 19.8. The zero-order chi connectivity index (χ0) is 25.8. The van der Waals surface area contributed by atoms with Crippen LogP contribution in [0.2, 0.25) is 0 Å². The second-order valence-electron chi connectivity index (χ2n) is 8.14. The average Bonchev–Trinajstić information content (AvgIpc) is 2.88. The van der Waals surface area contributed by atoms with Crippen molar-refractivity contribution in [1.29, 1.82) is 4.10 Å². The third kappa shape index (κ3) is 13.8. The van der Waals surface area contributed by atoms with E-state index >= 15 is 0 Å². The van der Waals surface area contributed by atoms with Gasteiger partial charge in [-0.25, -0.2) is 0 Å². The van der Waals surface area contributed by atoms with Crippen LogP contribution in [-0.2, 0) is 26.9 Å². The van der Waals surface area contributed by atoms with Crippen molar-refractivity contribution in [2.45, 2.75) is 70.1 Å². The fraction of sp³-hybridized carbons (Fsp3) is 0.538. The third-order valence-corrected chi connectivity index (χ3v) is 5.77. The van der Waals surface area contributed by atoms with Crippen molar-refractivity contribution in [3.63, 3.8) is 0 Å². The maximum Gasteiger partial charge on any atom is 0.211 e. The lowest BCUT2D eigenvalue weighted by molar-refractivity contribution is 0.0211. The maximum absolute atomic E-state index is 10.4. The van der Waals surface area contributed by atoms with Crippen molar-refractivity contribution in [2.75, 3.05) is 18.9 Å². The van der Waals surface area contributed by atoms with Crippen LogP contribution in [0.25, 0.3) is 0 Å². The number of benzene rings is 2. The SMILES string of the molecule is [2H]B([3H])CSO[C@H](CCCC(O)CCC[C@H](COCc1ccccc1)O[3H])COCc1ccccc1. The minimum absolute atomic E-state index is 0.160. The molecule has 33 heavy (non-hydrogen) atoms. The molecule has 0 fully saturated rings. The van der Waals surface area contributed by atoms with Crippen molar-refractivity contribution in [3.05, 3.63) is 71.8 Å². The highest BCUT2D eigenvalue weighted by molar-refractivity contribution is 7.95. The summed E-state index contributed by atoms with van der Waals surface area (Å²) in [6.45, 7) is 1.77. The Hall–Kier alpha value is -1.35. The lowest BCUT2D eigenvalue weighted by Gasteiger charge is -2.18. The van der Waals surface area contributed by atoms with Gasteiger partial charge >= 0.3 is 0 Å². The first-order valence-electron chi connectivity index (χ1n) is 13.3. The number of aliphatic hydroxyl groups excluding tert-OH is 2. The Kier molecular flexibility index (Phi) is 12.8. The van der Waals surface area contributed by atoms with Crippen molar-refractivity contribution in [2.24, 2.45) is 0 Å². The Labute approximate surface area is 208 Å². The van der Waals surface area contributed by atoms with Crippen LogP contribution in [0.15, 0.2) is 60.7 Å². The summed E-state index contributed by atoms with van der Waals surface area (Å²) in [7, 11) is -0.928. The molecular weight excluding hydrogens is 435 g/mol. The molecule has 0 aromatic heterocycles. The van der Waals surface area contributed by atoms with Gasteiger partial charge in [0.15, 0.2) is 0 Å². The predicted octanol–water partition coefficient (Wildman–Crippen LogP) is 4.11. The van der Waals surface area contributed by atoms with Gasteiger partial charge in [0.2, 0.25) is 1.43 Å². The first-order valence-corrected chi connectivity index (χ1v) is 12.6. The van der Waals surface area contributed by atoms with Gasteiger partial charge in [-0.15, -0.1) is 0 Å². The van der Waals surface area contributed by atoms with E-state index in [1.807, 2.05) is 60.7 Å². The fourth-order valence-corrected chi connectivity index (χ4v) is 3.87. The van der Waals surface area contributed by atoms with E-state index in [1.54, 1.807) is 0 Å². The summed E-state index contributed by atoms with van der Waals surface area (Å²) in [5.74, 6) is 0. The minimum Gasteiger partial charge on any atom is -0.393 e. The number of hydrogen-bond acceptors (Lipinski definition) is 6. The van der Waals surface area contributed by atoms with Gasteiger partial charge in [-0.1, -0.05) is 60.7 Å². The van der Waals surface area contributed by atoms with Gasteiger partial charge in [0.25, 0.3) is 0 Å². The van der Waals surface area contributed by atoms with Crippen LogP contribution in [0.3, 0.4) is 0 Å². The number of aliphatic hydroxyl groups is 2. The summed E-state index contributed by atoms with van der Waals surface area (Å²) in [5.41, 5.74) is 2.46. The van der Waals surface area contributed by atoms with E-state index in [0.717, 1.165) is 42.4 Å². The Morgan fingerprint density at radius 1 is 0.879 bits per heavy atom. The monoisotopic (exact) mass is 479 g/mol. The molecule has 0 aliphatic carbocycles. The van der Waals surface area contributed by atoms with Gasteiger partial charge in [0.1, 0.15) is 7.77 Å². The lowest BCUT2D eigenvalue weighted by atomic mass is 10.0. The first-order chi connectivity index (χ1) is 17.6. The molecule has 0 aliphatic rings. The standard InChI is InChI=1S/C26H39BO5S/c27-21-33-32-26(20-31-18-23-11-5-2-6-12-23)16-8-14-24(28)13-7-15-25(29)19-30-17-22-9-3-1-4-10-22/h1-6,9-12,24-26,28-29H,7-8,13-21,27H2/t24?,25-,26-/m1/s1/i27TD,29T. The average molecular weight is 479 g/mol. The van der Waals surface area contributed by atoms with Crippen molar-refractivity contribution >= 4 is 19.8 Å². The van der Waals surface area contributed by atoms with Crippen molar-refractivity contribution < 1.29 is 23.9 Å². The molecule has 2 aromatic carbocycles. The molecule has 182 valence electrons. The Morgan fingerprint density at radius 2 is 1.45 bits per heavy atom. The molecular formula is C26H39BO5S. The molecule has 2 N–H and O–H groups in total. The first kappa shape index (κ1) is 23.4. The summed E-state index contributed by atoms with van der Waals surface area (Å²) in [5, 5.41) is 15.2. The Morgan fingerprint density at radius 3 is 2.06 bits per heavy atom. The van der Waals surface area contributed by atoms with Crippen LogP contribution in [0.1, 0.15) is 49.7 Å². The topological polar surface area (TPSA) is 68.2 Å². The zero-order valence-electron chi connectivity index (χ0n) is 22.3. The number of rotatable bonds is 21. The Bertz CT molecular complexity index is 779. The predicted molar refractivity (Wildman–Crippen MR) is 138 cm³/mol. The van der Waals surface area contributed by atoms with Gasteiger partial charge in [-0.05, 0) is 70.0 Å². The molecule has 0 aliphatic heterocycles. The molecule has 0 heterocycles. The van der Waals surface area contributed by atoms with Gasteiger partial charge in [-0.3, -0.25) is 0 Å². The third-order valence-electron chi connectivity index (χ3n) is 5.23. The molecule has 2 aromatic rings. The van der Waals surface area contributed by atoms with E-state index in [-0.39, 0.29) is 17.9 Å². The molecule has 0 saturated heterocycles. The van der Waals surface area contributed by atoms with Crippen LogP contribution in [-0.4, -0.2) is 59.3 Å². The number of ether oxygens (including phenoxy) is 2. The van der Waals surface area contributed by atoms with Crippen LogP contribution >= 0.6 is 12.0 Å². The summed E-state index contributed by atoms with van der Waals surface area (Å²) in [4.78, 5) is 0. The molecule has 0 spiro atoms. The molecule has 1 unspecified atom stereocenters. The summed E-state index contributed by atoms with van der Waals surface area (Å²) < 4.78 is 39.2. The van der Waals surface area contributed by atoms with Gasteiger partial charge in [0, 0.05) is 0 Å². The van der Waals surface area contributed by atoms with Crippen LogP contribution in [0, 0.1) is 0 Å². The molecule has 0 saturated carbocycles. The quantitative estimate of drug-likeness (QED) is 0.208. The van der Waals surface area contributed by atoms with Gasteiger partial charge in [-0.2, -0.15) is 0 Å². The Balaban J connectivity index is 1.60. The van der Waals surface area contributed by atoms with E-state index in [0.29, 0.717) is 45.7 Å². The van der Waals surface area contributed by atoms with E-state index in [1.165, 1.54) is 0 Å². The fourth-order valence-electron chi connectivity index (χ4n) is 3.45. The highest BCUT2D eigenvalue weighted by Crippen LogP contribution is 2.17. The molecule has 3 atom stereocenters. The van der Waals surface area contributed by atoms with Crippen molar-refractivity contribution in [3.8, 4) is 0 Å². The van der Waals surface area contributed by atoms with Crippen LogP contribution in [0.4, 0.5) is 0 Å². The van der Waals surface area contributed by atoms with Gasteiger partial charge in [0.05, 0.1) is 44.7 Å². The smallest absolute Gasteiger partial charge is 0.211 e. The zero-order valence-corrected chi connectivity index (χ0v) is 20.2. The van der Waals surface area contributed by atoms with E-state index in [4.69, 9.17) is 22.9 Å². The molecule has 7 heteroatoms. The van der Waals surface area contributed by atoms with Crippen molar-refractivity contribution in [1.82, 2.24) is 0 Å². The second-order valence-corrected chi connectivity index (χ2v) is 8.90. The highest BCUT2D eigenvalue weighted by Gasteiger charge is 2.13. The minimum atomic E-state index is -0.928. The van der Waals surface area contributed by atoms with Crippen LogP contribution in [0.5, 0.6) is 0 Å². The molecule has 2 rings (SSSR count). The molecule has 0 amide bonds. The van der Waals surface area contributed by atoms with E-state index < -0.39 is 13.9 Å². The second kappa shape index (κ2) is 18.0. The molecule has 0 radical (unpaired) electrons. The van der Waals surface area contributed by atoms with Crippen LogP contribution < -0.4 is 0 Å². The van der Waals surface area contributed by atoms with E-state index in [9.17, 15) is 5.11 Å². The largest absolute Gasteiger partial charge is 0.393 e. The normalized spacial score (nSPS) is 15.2. The summed E-state index contributed by atoms with van der Waals surface area (Å²) in [6.07, 6.45) is 3.32. The number of hydrogen-bond donors (Lipinski definition) is 2. The maximum atomic E-state index is 10.4. The molecule has 0 bridgehead atoms. The molecule has 5 nitrogen and oxygen atoms in total. The van der Waals surface area contributed by atoms with Gasteiger partial charge < -0.3 is 23.9 Å². The lowest BCUT2D eigenvalue weighted by Crippen LogP contribution is -2.19. The summed E-state index contributed by atoms with van der Waals surface area (Å²) >= 11 is 1.14. The van der Waals surface area contributed by atoms with E-state index in [2.05, 4.69) is 0 Å².